The van der Waals surface area contributed by atoms with Gasteiger partial charge in [0.05, 0.1) is 6.42 Å². The van der Waals surface area contributed by atoms with Gasteiger partial charge in [-0.25, -0.2) is 0 Å². The largest absolute Gasteiger partial charge is 0.490 e. The fourth-order valence-corrected chi connectivity index (χ4v) is 4.04. The topological polar surface area (TPSA) is 55.8 Å². The highest BCUT2D eigenvalue weighted by Crippen LogP contribution is 2.53. The molecule has 22 heavy (non-hydrogen) atoms. The molecule has 4 rings (SSSR count). The van der Waals surface area contributed by atoms with Gasteiger partial charge in [0.25, 0.3) is 0 Å². The number of rotatable bonds is 4. The average Bonchev–Trinajstić information content (AvgIpc) is 3.11. The molecule has 3 unspecified atom stereocenters. The molecule has 1 saturated carbocycles. The number of fused-ring (bicyclic) bond motifs is 2. The Kier molecular flexibility index (Phi) is 3.10. The number of carboxylic acid groups (broad SMARTS) is 1. The van der Waals surface area contributed by atoms with E-state index in [0.29, 0.717) is 5.92 Å². The van der Waals surface area contributed by atoms with Crippen molar-refractivity contribution < 1.29 is 19.4 Å². The van der Waals surface area contributed by atoms with Gasteiger partial charge in [-0.05, 0) is 38.7 Å². The number of hydrogen-bond donors (Lipinski definition) is 1. The average molecular weight is 302 g/mol. The summed E-state index contributed by atoms with van der Waals surface area (Å²) in [5.41, 5.74) is 3.52. The van der Waals surface area contributed by atoms with Crippen LogP contribution in [0.2, 0.25) is 0 Å². The minimum absolute atomic E-state index is 0.0698. The Balaban J connectivity index is 1.84. The van der Waals surface area contributed by atoms with Crippen molar-refractivity contribution in [2.75, 3.05) is 0 Å². The molecule has 4 heteroatoms. The first-order valence-electron chi connectivity index (χ1n) is 8.26. The van der Waals surface area contributed by atoms with Crippen LogP contribution in [-0.2, 0) is 17.6 Å². The van der Waals surface area contributed by atoms with Crippen LogP contribution in [-0.4, -0.2) is 23.3 Å². The minimum Gasteiger partial charge on any atom is -0.490 e. The van der Waals surface area contributed by atoms with E-state index in [1.807, 2.05) is 0 Å². The minimum atomic E-state index is -0.721. The predicted molar refractivity (Wildman–Crippen MR) is 81.7 cm³/mol. The SMILES string of the molecule is CC1Cc2c(cc3c(c2C(CC(=O)O)C2CC2)OC(C)C3)O1. The number of aliphatic carboxylic acids is 1. The summed E-state index contributed by atoms with van der Waals surface area (Å²) in [5.74, 6) is 1.75. The Labute approximate surface area is 130 Å². The Morgan fingerprint density at radius 2 is 2.00 bits per heavy atom. The van der Waals surface area contributed by atoms with Gasteiger partial charge in [0.15, 0.2) is 0 Å². The van der Waals surface area contributed by atoms with Crippen molar-refractivity contribution >= 4 is 5.97 Å². The highest BCUT2D eigenvalue weighted by atomic mass is 16.5. The molecule has 0 spiro atoms. The molecule has 1 aliphatic carbocycles. The van der Waals surface area contributed by atoms with Crippen molar-refractivity contribution in [2.24, 2.45) is 5.92 Å². The Morgan fingerprint density at radius 1 is 1.27 bits per heavy atom. The maximum absolute atomic E-state index is 11.4. The van der Waals surface area contributed by atoms with Crippen LogP contribution in [0.5, 0.6) is 11.5 Å². The standard InChI is InChI=1S/C18H22O4/c1-9-5-12-7-15-14(6-10(2)21-15)17(18(12)22-9)13(8-16(19)20)11-3-4-11/h7,9-11,13H,3-6,8H2,1-2H3,(H,19,20). The van der Waals surface area contributed by atoms with Crippen LogP contribution in [0.4, 0.5) is 0 Å². The summed E-state index contributed by atoms with van der Waals surface area (Å²) in [6, 6.07) is 2.12. The molecular formula is C18H22O4. The van der Waals surface area contributed by atoms with Crippen molar-refractivity contribution in [3.8, 4) is 11.5 Å². The van der Waals surface area contributed by atoms with E-state index in [9.17, 15) is 9.90 Å². The van der Waals surface area contributed by atoms with Gasteiger partial charge in [0, 0.05) is 35.4 Å². The Morgan fingerprint density at radius 3 is 2.68 bits per heavy atom. The quantitative estimate of drug-likeness (QED) is 0.927. The van der Waals surface area contributed by atoms with E-state index in [4.69, 9.17) is 9.47 Å². The second-order valence-electron chi connectivity index (χ2n) is 7.06. The molecule has 1 N–H and O–H groups in total. The number of ether oxygens (including phenoxy) is 2. The lowest BCUT2D eigenvalue weighted by Gasteiger charge is -2.21. The van der Waals surface area contributed by atoms with Gasteiger partial charge in [-0.3, -0.25) is 4.79 Å². The van der Waals surface area contributed by atoms with Crippen molar-refractivity contribution in [1.82, 2.24) is 0 Å². The van der Waals surface area contributed by atoms with E-state index in [-0.39, 0.29) is 24.5 Å². The molecule has 118 valence electrons. The van der Waals surface area contributed by atoms with Gasteiger partial charge in [0.2, 0.25) is 0 Å². The lowest BCUT2D eigenvalue weighted by Crippen LogP contribution is -2.13. The van der Waals surface area contributed by atoms with Crippen molar-refractivity contribution in [2.45, 2.75) is 64.1 Å². The summed E-state index contributed by atoms with van der Waals surface area (Å²) in [4.78, 5) is 11.4. The van der Waals surface area contributed by atoms with Crippen LogP contribution in [0.25, 0.3) is 0 Å². The molecular weight excluding hydrogens is 280 g/mol. The van der Waals surface area contributed by atoms with E-state index in [1.165, 1.54) is 11.1 Å². The third-order valence-electron chi connectivity index (χ3n) is 5.07. The molecule has 0 amide bonds. The maximum Gasteiger partial charge on any atom is 0.303 e. The molecule has 0 radical (unpaired) electrons. The summed E-state index contributed by atoms with van der Waals surface area (Å²) in [6.07, 6.45) is 4.53. The molecule has 2 aliphatic heterocycles. The van der Waals surface area contributed by atoms with E-state index in [0.717, 1.165) is 42.7 Å². The molecule has 3 atom stereocenters. The van der Waals surface area contributed by atoms with E-state index < -0.39 is 5.97 Å². The lowest BCUT2D eigenvalue weighted by atomic mass is 9.84. The molecule has 0 aromatic heterocycles. The smallest absolute Gasteiger partial charge is 0.303 e. The molecule has 4 nitrogen and oxygen atoms in total. The summed E-state index contributed by atoms with van der Waals surface area (Å²) < 4.78 is 12.1. The highest BCUT2D eigenvalue weighted by molar-refractivity contribution is 5.70. The van der Waals surface area contributed by atoms with Crippen LogP contribution in [0, 0.1) is 5.92 Å². The van der Waals surface area contributed by atoms with Gasteiger partial charge in [-0.15, -0.1) is 0 Å². The fourth-order valence-electron chi connectivity index (χ4n) is 4.04. The van der Waals surface area contributed by atoms with Gasteiger partial charge < -0.3 is 14.6 Å². The van der Waals surface area contributed by atoms with E-state index in [1.54, 1.807) is 0 Å². The van der Waals surface area contributed by atoms with Crippen molar-refractivity contribution in [1.29, 1.82) is 0 Å². The molecule has 0 bridgehead atoms. The first-order chi connectivity index (χ1) is 10.5. The number of carboxylic acids is 1. The van der Waals surface area contributed by atoms with Crippen LogP contribution >= 0.6 is 0 Å². The molecule has 1 aromatic carbocycles. The zero-order chi connectivity index (χ0) is 15.4. The van der Waals surface area contributed by atoms with Crippen LogP contribution in [0.3, 0.4) is 0 Å². The second-order valence-corrected chi connectivity index (χ2v) is 7.06. The number of hydrogen-bond acceptors (Lipinski definition) is 3. The third-order valence-corrected chi connectivity index (χ3v) is 5.07. The van der Waals surface area contributed by atoms with Crippen LogP contribution in [0.15, 0.2) is 6.07 Å². The summed E-state index contributed by atoms with van der Waals surface area (Å²) in [5, 5.41) is 9.35. The summed E-state index contributed by atoms with van der Waals surface area (Å²) >= 11 is 0. The molecule has 2 heterocycles. The number of carbonyl (C=O) groups is 1. The summed E-state index contributed by atoms with van der Waals surface area (Å²) in [6.45, 7) is 4.14. The summed E-state index contributed by atoms with van der Waals surface area (Å²) in [7, 11) is 0. The zero-order valence-electron chi connectivity index (χ0n) is 13.1. The molecule has 1 fully saturated rings. The van der Waals surface area contributed by atoms with Crippen LogP contribution < -0.4 is 9.47 Å². The zero-order valence-corrected chi connectivity index (χ0v) is 13.1. The van der Waals surface area contributed by atoms with Gasteiger partial charge in [-0.1, -0.05) is 0 Å². The molecule has 0 saturated heterocycles. The normalized spacial score (nSPS) is 26.8. The first-order valence-corrected chi connectivity index (χ1v) is 8.26. The lowest BCUT2D eigenvalue weighted by molar-refractivity contribution is -0.137. The van der Waals surface area contributed by atoms with Crippen LogP contribution in [0.1, 0.15) is 55.7 Å². The fraction of sp³-hybridized carbons (Fsp3) is 0.611. The Bertz CT molecular complexity index is 596. The van der Waals surface area contributed by atoms with Gasteiger partial charge >= 0.3 is 5.97 Å². The third kappa shape index (κ3) is 2.25. The van der Waals surface area contributed by atoms with Gasteiger partial charge in [0.1, 0.15) is 23.7 Å². The molecule has 3 aliphatic rings. The molecule has 1 aromatic rings. The monoisotopic (exact) mass is 302 g/mol. The Hall–Kier alpha value is -1.71. The highest BCUT2D eigenvalue weighted by Gasteiger charge is 2.41. The second kappa shape index (κ2) is 4.90. The van der Waals surface area contributed by atoms with Crippen molar-refractivity contribution in [3.63, 3.8) is 0 Å². The van der Waals surface area contributed by atoms with Crippen molar-refractivity contribution in [3.05, 3.63) is 22.8 Å². The number of benzene rings is 1. The predicted octanol–water partition coefficient (Wildman–Crippen LogP) is 3.30. The van der Waals surface area contributed by atoms with Gasteiger partial charge in [-0.2, -0.15) is 0 Å². The maximum atomic E-state index is 11.4. The van der Waals surface area contributed by atoms with E-state index >= 15 is 0 Å². The first kappa shape index (κ1) is 13.9. The van der Waals surface area contributed by atoms with E-state index in [2.05, 4.69) is 19.9 Å².